The highest BCUT2D eigenvalue weighted by Gasteiger charge is 2.25. The number of nitrogens with zero attached hydrogens (tertiary/aromatic N) is 4. The molecule has 1 amide bonds. The van der Waals surface area contributed by atoms with Crippen molar-refractivity contribution in [1.29, 1.82) is 0 Å². The number of anilines is 2. The number of rotatable bonds is 4. The van der Waals surface area contributed by atoms with E-state index in [1.54, 1.807) is 10.9 Å². The van der Waals surface area contributed by atoms with Crippen LogP contribution in [0.5, 0.6) is 0 Å². The minimum atomic E-state index is -0.366. The molecule has 2 aliphatic rings. The van der Waals surface area contributed by atoms with Gasteiger partial charge in [-0.25, -0.2) is 4.98 Å². The summed E-state index contributed by atoms with van der Waals surface area (Å²) in [7, 11) is 1.86. The molecule has 5 rings (SSSR count). The molecule has 1 saturated heterocycles. The van der Waals surface area contributed by atoms with Crippen LogP contribution < -0.4 is 15.5 Å². The number of carbonyl (C=O) groups is 1. The Bertz CT molecular complexity index is 1140. The first-order valence-corrected chi connectivity index (χ1v) is 10.1. The van der Waals surface area contributed by atoms with E-state index in [2.05, 4.69) is 25.6 Å². The Morgan fingerprint density at radius 2 is 2.22 bits per heavy atom. The van der Waals surface area contributed by atoms with Crippen molar-refractivity contribution < 1.29 is 14.3 Å². The van der Waals surface area contributed by atoms with Gasteiger partial charge < -0.3 is 25.1 Å². The molecule has 0 spiro atoms. The summed E-state index contributed by atoms with van der Waals surface area (Å²) in [5, 5.41) is 21.5. The number of β-amino-alcohol motifs (C(OH)–C–C–N with tert-alkyl or cyclic N) is 1. The number of halogens is 1. The normalized spacial score (nSPS) is 18.1. The van der Waals surface area contributed by atoms with Crippen LogP contribution in [0.4, 0.5) is 11.4 Å². The van der Waals surface area contributed by atoms with Crippen molar-refractivity contribution in [3.8, 4) is 0 Å². The van der Waals surface area contributed by atoms with Gasteiger partial charge in [-0.2, -0.15) is 18.6 Å². The predicted octanol–water partition coefficient (Wildman–Crippen LogP) is 2.30. The maximum atomic E-state index is 12.9. The number of fused-ring (bicyclic) bond motifs is 1. The molecule has 4 heterocycles. The third-order valence-corrected chi connectivity index (χ3v) is 5.69. The third kappa shape index (κ3) is 4.63. The fraction of sp³-hybridized carbons (Fsp3) is 0.381. The van der Waals surface area contributed by atoms with Crippen LogP contribution in [0, 0.1) is 0 Å². The van der Waals surface area contributed by atoms with Crippen molar-refractivity contribution in [2.75, 3.05) is 36.4 Å². The van der Waals surface area contributed by atoms with Crippen molar-refractivity contribution in [1.82, 2.24) is 20.1 Å². The maximum absolute atomic E-state index is 12.9. The largest absolute Gasteiger partial charge is 0.444 e. The predicted molar refractivity (Wildman–Crippen MR) is 131 cm³/mol. The molecule has 9 nitrogen and oxygen atoms in total. The molecule has 2 aliphatic heterocycles. The molecule has 172 valence electrons. The molecule has 0 saturated carbocycles. The lowest BCUT2D eigenvalue weighted by atomic mass is 10.1. The number of aryl methyl sites for hydroxylation is 1. The van der Waals surface area contributed by atoms with E-state index in [-0.39, 0.29) is 43.6 Å². The average molecular weight is 479 g/mol. The van der Waals surface area contributed by atoms with Crippen molar-refractivity contribution in [3.05, 3.63) is 42.3 Å². The van der Waals surface area contributed by atoms with E-state index < -0.39 is 0 Å². The first kappa shape index (κ1) is 24.1. The summed E-state index contributed by atoms with van der Waals surface area (Å²) in [6, 6.07) is 3.92. The highest BCUT2D eigenvalue weighted by atomic mass is 35.5. The minimum absolute atomic E-state index is 0. The zero-order valence-corrected chi connectivity index (χ0v) is 19.5. The number of benzene rings is 1. The van der Waals surface area contributed by atoms with Crippen molar-refractivity contribution in [3.63, 3.8) is 0 Å². The van der Waals surface area contributed by atoms with Gasteiger partial charge in [0, 0.05) is 37.6 Å². The van der Waals surface area contributed by atoms with Gasteiger partial charge in [0.1, 0.15) is 6.26 Å². The van der Waals surface area contributed by atoms with E-state index >= 15 is 0 Å². The van der Waals surface area contributed by atoms with Gasteiger partial charge in [0.25, 0.3) is 5.91 Å². The summed E-state index contributed by atoms with van der Waals surface area (Å²) in [5.41, 5.74) is 3.69. The number of aliphatic hydroxyl groups is 1. The van der Waals surface area contributed by atoms with Crippen LogP contribution in [0.2, 0.25) is 0 Å². The lowest BCUT2D eigenvalue weighted by molar-refractivity contribution is 0.102. The van der Waals surface area contributed by atoms with Gasteiger partial charge in [0.15, 0.2) is 5.69 Å². The van der Waals surface area contributed by atoms with Crippen molar-refractivity contribution in [2.45, 2.75) is 18.9 Å². The van der Waals surface area contributed by atoms with E-state index in [0.717, 1.165) is 48.2 Å². The highest BCUT2D eigenvalue weighted by molar-refractivity contribution is 7.59. The molecule has 1 aromatic carbocycles. The first-order valence-electron chi connectivity index (χ1n) is 10.1. The second-order valence-electron chi connectivity index (χ2n) is 7.76. The lowest BCUT2D eigenvalue weighted by Crippen LogP contribution is -2.23. The van der Waals surface area contributed by atoms with Crippen LogP contribution in [0.25, 0.3) is 16.5 Å². The average Bonchev–Trinajstić information content (AvgIpc) is 3.49. The Balaban J connectivity index is 0.00000144. The molecule has 0 unspecified atom stereocenters. The number of hydrogen-bond acceptors (Lipinski definition) is 7. The van der Waals surface area contributed by atoms with Crippen LogP contribution in [-0.4, -0.2) is 58.1 Å². The zero-order chi connectivity index (χ0) is 20.7. The Hall–Kier alpha value is -2.53. The fourth-order valence-corrected chi connectivity index (χ4v) is 4.04. The molecule has 2 aromatic heterocycles. The lowest BCUT2D eigenvalue weighted by Gasteiger charge is -2.22. The summed E-state index contributed by atoms with van der Waals surface area (Å²) in [6.07, 6.45) is 6.39. The maximum Gasteiger partial charge on any atom is 0.277 e. The molecule has 0 radical (unpaired) electrons. The second kappa shape index (κ2) is 9.95. The van der Waals surface area contributed by atoms with E-state index in [1.165, 1.54) is 6.26 Å². The summed E-state index contributed by atoms with van der Waals surface area (Å²) >= 11 is 0. The van der Waals surface area contributed by atoms with Crippen LogP contribution in [-0.2, 0) is 7.05 Å². The Labute approximate surface area is 198 Å². The standard InChI is InChI=1S/C21H24N6O3.ClH.H2S/c1-26-18-9-16(19(8-14(18)10-23-26)27-7-4-15(28)11-27)24-20(29)17-12-30-21(25-17)13-2-5-22-6-3-13;;/h2,8-10,12,15,22,28H,3-7,11H2,1H3,(H,24,29);1H;1H2/t15-;;/m0../s1. The number of aliphatic hydroxyl groups excluding tert-OH is 1. The Kier molecular flexibility index (Phi) is 7.50. The molecule has 0 aliphatic carbocycles. The number of carbonyl (C=O) groups excluding carboxylic acids is 1. The molecule has 32 heavy (non-hydrogen) atoms. The molecule has 1 atom stereocenters. The monoisotopic (exact) mass is 478 g/mol. The van der Waals surface area contributed by atoms with E-state index in [0.29, 0.717) is 24.5 Å². The zero-order valence-electron chi connectivity index (χ0n) is 17.7. The fourth-order valence-electron chi connectivity index (χ4n) is 4.04. The quantitative estimate of drug-likeness (QED) is 0.528. The summed E-state index contributed by atoms with van der Waals surface area (Å²) < 4.78 is 7.33. The molecule has 1 fully saturated rings. The number of hydrogen-bond donors (Lipinski definition) is 3. The van der Waals surface area contributed by atoms with E-state index in [4.69, 9.17) is 4.42 Å². The second-order valence-corrected chi connectivity index (χ2v) is 7.76. The van der Waals surface area contributed by atoms with Crippen LogP contribution >= 0.6 is 25.9 Å². The Morgan fingerprint density at radius 3 is 2.94 bits per heavy atom. The van der Waals surface area contributed by atoms with Gasteiger partial charge in [-0.15, -0.1) is 12.4 Å². The number of aromatic nitrogens is 3. The van der Waals surface area contributed by atoms with Gasteiger partial charge in [-0.3, -0.25) is 9.48 Å². The SMILES string of the molecule is Cl.Cn1ncc2cc(N3CC[C@H](O)C3)c(NC(=O)c3coc(C4=CCNCC4)n3)cc21.S. The summed E-state index contributed by atoms with van der Waals surface area (Å²) in [5.74, 6) is 0.161. The molecule has 3 N–H and O–H groups in total. The van der Waals surface area contributed by atoms with Gasteiger partial charge in [0.2, 0.25) is 5.89 Å². The van der Waals surface area contributed by atoms with Gasteiger partial charge in [-0.1, -0.05) is 6.08 Å². The molecule has 11 heteroatoms. The number of amides is 1. The van der Waals surface area contributed by atoms with Gasteiger partial charge in [-0.05, 0) is 31.5 Å². The van der Waals surface area contributed by atoms with E-state index in [9.17, 15) is 9.90 Å². The number of oxazole rings is 1. The van der Waals surface area contributed by atoms with Crippen molar-refractivity contribution in [2.24, 2.45) is 7.05 Å². The smallest absolute Gasteiger partial charge is 0.277 e. The minimum Gasteiger partial charge on any atom is -0.444 e. The first-order chi connectivity index (χ1) is 14.6. The summed E-state index contributed by atoms with van der Waals surface area (Å²) in [4.78, 5) is 19.4. The van der Waals surface area contributed by atoms with Crippen LogP contribution in [0.15, 0.2) is 35.1 Å². The van der Waals surface area contributed by atoms with Gasteiger partial charge in [0.05, 0.1) is 29.2 Å². The van der Waals surface area contributed by atoms with Gasteiger partial charge >= 0.3 is 0 Å². The summed E-state index contributed by atoms with van der Waals surface area (Å²) in [6.45, 7) is 2.90. The number of nitrogens with one attached hydrogen (secondary N) is 2. The van der Waals surface area contributed by atoms with E-state index in [1.807, 2.05) is 25.3 Å². The molecular weight excluding hydrogens is 452 g/mol. The van der Waals surface area contributed by atoms with Crippen LogP contribution in [0.1, 0.15) is 29.2 Å². The highest BCUT2D eigenvalue weighted by Crippen LogP contribution is 2.34. The van der Waals surface area contributed by atoms with Crippen LogP contribution in [0.3, 0.4) is 0 Å². The molecular formula is C21H27ClN6O3S. The third-order valence-electron chi connectivity index (χ3n) is 5.69. The molecule has 3 aromatic rings. The molecule has 0 bridgehead atoms. The topological polar surface area (TPSA) is 108 Å². The Morgan fingerprint density at radius 1 is 1.38 bits per heavy atom. The van der Waals surface area contributed by atoms with Crippen molar-refractivity contribution >= 4 is 59.7 Å².